The molecule has 2 aromatic rings. The van der Waals surface area contributed by atoms with Gasteiger partial charge in [0.1, 0.15) is 6.20 Å². The van der Waals surface area contributed by atoms with Gasteiger partial charge in [-0.2, -0.15) is 10.2 Å². The molecule has 0 aromatic carbocycles. The van der Waals surface area contributed by atoms with Gasteiger partial charge in [-0.15, -0.1) is 0 Å². The number of aromatic nitrogens is 4. The summed E-state index contributed by atoms with van der Waals surface area (Å²) in [7, 11) is 1.83. The van der Waals surface area contributed by atoms with Crippen molar-refractivity contribution in [1.82, 2.24) is 19.6 Å². The standard InChI is InChI=1S/C10H14N6O2/c1-3-8-7(5-14(2)13-8)6-15-10(11)9(4-12-15)16(17)18/h4-5H,3,6,11H2,1-2H3. The van der Waals surface area contributed by atoms with E-state index in [4.69, 9.17) is 5.73 Å². The van der Waals surface area contributed by atoms with E-state index in [0.29, 0.717) is 6.54 Å². The second-order valence-corrected chi connectivity index (χ2v) is 3.96. The van der Waals surface area contributed by atoms with Crippen molar-refractivity contribution >= 4 is 11.5 Å². The molecule has 2 N–H and O–H groups in total. The molecule has 0 fully saturated rings. The lowest BCUT2D eigenvalue weighted by Gasteiger charge is -2.02. The van der Waals surface area contributed by atoms with Crippen molar-refractivity contribution in [3.63, 3.8) is 0 Å². The summed E-state index contributed by atoms with van der Waals surface area (Å²) < 4.78 is 3.12. The zero-order chi connectivity index (χ0) is 13.3. The Balaban J connectivity index is 2.31. The summed E-state index contributed by atoms with van der Waals surface area (Å²) in [5.41, 5.74) is 7.42. The SMILES string of the molecule is CCc1nn(C)cc1Cn1ncc([N+](=O)[O-])c1N. The molecule has 0 atom stereocenters. The first kappa shape index (κ1) is 12.1. The molecule has 8 nitrogen and oxygen atoms in total. The van der Waals surface area contributed by atoms with Crippen molar-refractivity contribution in [2.75, 3.05) is 5.73 Å². The molecular weight excluding hydrogens is 236 g/mol. The van der Waals surface area contributed by atoms with Crippen molar-refractivity contribution in [3.8, 4) is 0 Å². The Hall–Kier alpha value is -2.38. The molecule has 0 amide bonds. The third-order valence-electron chi connectivity index (χ3n) is 2.70. The van der Waals surface area contributed by atoms with E-state index >= 15 is 0 Å². The number of hydrogen-bond acceptors (Lipinski definition) is 5. The molecule has 0 spiro atoms. The molecule has 18 heavy (non-hydrogen) atoms. The summed E-state index contributed by atoms with van der Waals surface area (Å²) in [5.74, 6) is 0.0610. The number of aryl methyl sites for hydroxylation is 2. The molecular formula is C10H14N6O2. The molecule has 0 unspecified atom stereocenters. The van der Waals surface area contributed by atoms with Gasteiger partial charge in [-0.3, -0.25) is 14.8 Å². The van der Waals surface area contributed by atoms with E-state index in [1.165, 1.54) is 4.68 Å². The fourth-order valence-corrected chi connectivity index (χ4v) is 1.83. The summed E-state index contributed by atoms with van der Waals surface area (Å²) in [6.45, 7) is 2.39. The Kier molecular flexibility index (Phi) is 3.00. The van der Waals surface area contributed by atoms with Crippen LogP contribution in [-0.4, -0.2) is 24.5 Å². The zero-order valence-electron chi connectivity index (χ0n) is 10.2. The maximum Gasteiger partial charge on any atom is 0.330 e. The normalized spacial score (nSPS) is 10.8. The van der Waals surface area contributed by atoms with Crippen molar-refractivity contribution in [2.24, 2.45) is 7.05 Å². The maximum absolute atomic E-state index is 10.7. The third-order valence-corrected chi connectivity index (χ3v) is 2.70. The molecule has 96 valence electrons. The van der Waals surface area contributed by atoms with Crippen LogP contribution in [0.2, 0.25) is 0 Å². The highest BCUT2D eigenvalue weighted by atomic mass is 16.6. The lowest BCUT2D eigenvalue weighted by molar-refractivity contribution is -0.384. The minimum Gasteiger partial charge on any atom is -0.378 e. The number of anilines is 1. The largest absolute Gasteiger partial charge is 0.378 e. The molecule has 2 heterocycles. The van der Waals surface area contributed by atoms with Crippen LogP contribution in [0.25, 0.3) is 0 Å². The number of nitrogens with zero attached hydrogens (tertiary/aromatic N) is 5. The molecule has 0 saturated heterocycles. The van der Waals surface area contributed by atoms with Crippen LogP contribution in [0.5, 0.6) is 0 Å². The first-order valence-electron chi connectivity index (χ1n) is 5.50. The average molecular weight is 250 g/mol. The Bertz CT molecular complexity index is 585. The molecule has 0 aliphatic carbocycles. The molecule has 2 aromatic heterocycles. The van der Waals surface area contributed by atoms with Gasteiger partial charge in [0.25, 0.3) is 0 Å². The van der Waals surface area contributed by atoms with E-state index < -0.39 is 4.92 Å². The molecule has 8 heteroatoms. The maximum atomic E-state index is 10.7. The van der Waals surface area contributed by atoms with E-state index in [1.807, 2.05) is 20.2 Å². The van der Waals surface area contributed by atoms with Gasteiger partial charge in [0.05, 0.1) is 17.2 Å². The number of nitro groups is 1. The Morgan fingerprint density at radius 1 is 1.56 bits per heavy atom. The highest BCUT2D eigenvalue weighted by Gasteiger charge is 2.18. The van der Waals surface area contributed by atoms with Gasteiger partial charge in [0.15, 0.2) is 0 Å². The van der Waals surface area contributed by atoms with Crippen molar-refractivity contribution in [2.45, 2.75) is 19.9 Å². The molecule has 2 rings (SSSR count). The van der Waals surface area contributed by atoms with Crippen molar-refractivity contribution in [3.05, 3.63) is 33.8 Å². The molecule has 0 bridgehead atoms. The Labute approximate surface area is 103 Å². The average Bonchev–Trinajstić information content (AvgIpc) is 2.84. The van der Waals surface area contributed by atoms with Crippen LogP contribution in [0.4, 0.5) is 11.5 Å². The summed E-state index contributed by atoms with van der Waals surface area (Å²) in [6, 6.07) is 0. The van der Waals surface area contributed by atoms with Crippen molar-refractivity contribution in [1.29, 1.82) is 0 Å². The van der Waals surface area contributed by atoms with Crippen LogP contribution >= 0.6 is 0 Å². The number of nitrogens with two attached hydrogens (primary N) is 1. The molecule has 0 radical (unpaired) electrons. The van der Waals surface area contributed by atoms with Gasteiger partial charge in [-0.05, 0) is 6.42 Å². The second-order valence-electron chi connectivity index (χ2n) is 3.96. The van der Waals surface area contributed by atoms with Crippen LogP contribution in [0.3, 0.4) is 0 Å². The van der Waals surface area contributed by atoms with Gasteiger partial charge in [-0.25, -0.2) is 4.68 Å². The molecule has 0 aliphatic heterocycles. The van der Waals surface area contributed by atoms with Gasteiger partial charge < -0.3 is 5.73 Å². The second kappa shape index (κ2) is 4.47. The minimum absolute atomic E-state index is 0.0610. The summed E-state index contributed by atoms with van der Waals surface area (Å²) in [5, 5.41) is 18.9. The predicted octanol–water partition coefficient (Wildman–Crippen LogP) is 0.718. The van der Waals surface area contributed by atoms with Gasteiger partial charge in [-0.1, -0.05) is 6.92 Å². The van der Waals surface area contributed by atoms with Crippen LogP contribution < -0.4 is 5.73 Å². The first-order chi connectivity index (χ1) is 8.52. The van der Waals surface area contributed by atoms with E-state index in [2.05, 4.69) is 10.2 Å². The van der Waals surface area contributed by atoms with E-state index in [1.54, 1.807) is 4.68 Å². The Morgan fingerprint density at radius 3 is 2.83 bits per heavy atom. The fourth-order valence-electron chi connectivity index (χ4n) is 1.83. The van der Waals surface area contributed by atoms with Crippen molar-refractivity contribution < 1.29 is 4.92 Å². The molecule has 0 aliphatic rings. The van der Waals surface area contributed by atoms with E-state index in [-0.39, 0.29) is 11.5 Å². The lowest BCUT2D eigenvalue weighted by Crippen LogP contribution is -2.07. The minimum atomic E-state index is -0.539. The predicted molar refractivity (Wildman–Crippen MR) is 65.0 cm³/mol. The lowest BCUT2D eigenvalue weighted by atomic mass is 10.2. The van der Waals surface area contributed by atoms with E-state index in [9.17, 15) is 10.1 Å². The number of nitrogen functional groups attached to an aromatic ring is 1. The topological polar surface area (TPSA) is 105 Å². The quantitative estimate of drug-likeness (QED) is 0.635. The number of rotatable bonds is 4. The monoisotopic (exact) mass is 250 g/mol. The highest BCUT2D eigenvalue weighted by Crippen LogP contribution is 2.21. The van der Waals surface area contributed by atoms with Crippen LogP contribution in [0, 0.1) is 10.1 Å². The van der Waals surface area contributed by atoms with Crippen LogP contribution in [-0.2, 0) is 20.0 Å². The van der Waals surface area contributed by atoms with Gasteiger partial charge in [0.2, 0.25) is 5.82 Å². The van der Waals surface area contributed by atoms with Gasteiger partial charge >= 0.3 is 5.69 Å². The summed E-state index contributed by atoms with van der Waals surface area (Å²) >= 11 is 0. The highest BCUT2D eigenvalue weighted by molar-refractivity contribution is 5.51. The van der Waals surface area contributed by atoms with Crippen LogP contribution in [0.1, 0.15) is 18.2 Å². The Morgan fingerprint density at radius 2 is 2.28 bits per heavy atom. The zero-order valence-corrected chi connectivity index (χ0v) is 10.2. The van der Waals surface area contributed by atoms with E-state index in [0.717, 1.165) is 23.9 Å². The van der Waals surface area contributed by atoms with Gasteiger partial charge in [0, 0.05) is 18.8 Å². The fraction of sp³-hybridized carbons (Fsp3) is 0.400. The summed E-state index contributed by atoms with van der Waals surface area (Å²) in [6.07, 6.45) is 3.82. The third kappa shape index (κ3) is 2.04. The van der Waals surface area contributed by atoms with Crippen LogP contribution in [0.15, 0.2) is 12.4 Å². The molecule has 0 saturated carbocycles. The number of hydrogen-bond donors (Lipinski definition) is 1. The smallest absolute Gasteiger partial charge is 0.330 e. The summed E-state index contributed by atoms with van der Waals surface area (Å²) in [4.78, 5) is 10.1. The first-order valence-corrected chi connectivity index (χ1v) is 5.50.